The van der Waals surface area contributed by atoms with Crippen molar-refractivity contribution in [2.24, 2.45) is 0 Å². The highest BCUT2D eigenvalue weighted by atomic mass is 16.5. The summed E-state index contributed by atoms with van der Waals surface area (Å²) in [5, 5.41) is 12.2. The molecule has 0 aliphatic heterocycles. The molecule has 1 rings (SSSR count). The third-order valence-corrected chi connectivity index (χ3v) is 4.12. The maximum atomic E-state index is 11.1. The SMILES string of the molecule is CCCCCCCCCCCCCCNc1ccn(O)c(=O)n1. The monoisotopic (exact) mass is 323 g/mol. The van der Waals surface area contributed by atoms with Gasteiger partial charge in [-0.25, -0.2) is 4.79 Å². The Hall–Kier alpha value is -1.52. The van der Waals surface area contributed by atoms with Crippen molar-refractivity contribution in [2.45, 2.75) is 84.0 Å². The molecule has 5 heteroatoms. The van der Waals surface area contributed by atoms with Crippen LogP contribution in [0.1, 0.15) is 84.0 Å². The summed E-state index contributed by atoms with van der Waals surface area (Å²) in [4.78, 5) is 14.8. The molecule has 0 saturated heterocycles. The molecule has 1 aromatic heterocycles. The van der Waals surface area contributed by atoms with E-state index in [0.29, 0.717) is 10.5 Å². The standard InChI is InChI=1S/C18H33N3O2/c1-2-3-4-5-6-7-8-9-10-11-12-13-15-19-17-14-16-21(23)18(22)20-17/h14,16,23H,2-13,15H2,1H3,(H,19,20,22). The van der Waals surface area contributed by atoms with E-state index >= 15 is 0 Å². The highest BCUT2D eigenvalue weighted by molar-refractivity contribution is 5.31. The van der Waals surface area contributed by atoms with Crippen molar-refractivity contribution in [1.29, 1.82) is 0 Å². The second-order valence-corrected chi connectivity index (χ2v) is 6.26. The number of anilines is 1. The Kier molecular flexibility index (Phi) is 11.0. The van der Waals surface area contributed by atoms with E-state index in [-0.39, 0.29) is 0 Å². The molecule has 132 valence electrons. The second kappa shape index (κ2) is 13.0. The van der Waals surface area contributed by atoms with Crippen molar-refractivity contribution in [3.05, 3.63) is 22.7 Å². The number of nitrogens with zero attached hydrogens (tertiary/aromatic N) is 2. The topological polar surface area (TPSA) is 67.2 Å². The normalized spacial score (nSPS) is 10.8. The summed E-state index contributed by atoms with van der Waals surface area (Å²) < 4.78 is 0.481. The quantitative estimate of drug-likeness (QED) is 0.388. The molecule has 23 heavy (non-hydrogen) atoms. The van der Waals surface area contributed by atoms with Crippen molar-refractivity contribution in [3.8, 4) is 0 Å². The minimum atomic E-state index is -0.648. The molecule has 0 amide bonds. The molecule has 1 aromatic rings. The van der Waals surface area contributed by atoms with Crippen LogP contribution in [-0.4, -0.2) is 21.5 Å². The van der Waals surface area contributed by atoms with Crippen LogP contribution < -0.4 is 11.0 Å². The lowest BCUT2D eigenvalue weighted by molar-refractivity contribution is 0.170. The Balaban J connectivity index is 1.86. The van der Waals surface area contributed by atoms with Crippen molar-refractivity contribution >= 4 is 5.82 Å². The summed E-state index contributed by atoms with van der Waals surface area (Å²) in [6.45, 7) is 3.08. The minimum Gasteiger partial charge on any atom is -0.424 e. The molecule has 0 aromatic carbocycles. The lowest BCUT2D eigenvalue weighted by Crippen LogP contribution is -2.21. The summed E-state index contributed by atoms with van der Waals surface area (Å²) >= 11 is 0. The first-order chi connectivity index (χ1) is 11.2. The molecule has 0 saturated carbocycles. The summed E-state index contributed by atoms with van der Waals surface area (Å²) in [5.74, 6) is 0.531. The predicted octanol–water partition coefficient (Wildman–Crippen LogP) is 4.59. The number of hydrogen-bond acceptors (Lipinski definition) is 4. The van der Waals surface area contributed by atoms with Gasteiger partial charge in [0.25, 0.3) is 0 Å². The molecule has 0 spiro atoms. The van der Waals surface area contributed by atoms with Gasteiger partial charge in [0.05, 0.1) is 6.20 Å². The zero-order valence-corrected chi connectivity index (χ0v) is 14.6. The van der Waals surface area contributed by atoms with E-state index in [9.17, 15) is 4.79 Å². The van der Waals surface area contributed by atoms with Crippen LogP contribution in [0.25, 0.3) is 0 Å². The molecule has 0 radical (unpaired) electrons. The van der Waals surface area contributed by atoms with Gasteiger partial charge in [0, 0.05) is 12.6 Å². The summed E-state index contributed by atoms with van der Waals surface area (Å²) in [6.07, 6.45) is 17.3. The largest absolute Gasteiger partial charge is 0.424 e. The van der Waals surface area contributed by atoms with E-state index in [0.717, 1.165) is 13.0 Å². The first-order valence-corrected chi connectivity index (χ1v) is 9.27. The van der Waals surface area contributed by atoms with Crippen molar-refractivity contribution in [2.75, 3.05) is 11.9 Å². The van der Waals surface area contributed by atoms with Gasteiger partial charge in [0.1, 0.15) is 5.82 Å². The Labute approximate surface area is 140 Å². The van der Waals surface area contributed by atoms with E-state index in [4.69, 9.17) is 5.21 Å². The van der Waals surface area contributed by atoms with Crippen LogP contribution in [-0.2, 0) is 0 Å². The predicted molar refractivity (Wildman–Crippen MR) is 95.2 cm³/mol. The number of nitrogens with one attached hydrogen (secondary N) is 1. The van der Waals surface area contributed by atoms with E-state index in [1.165, 1.54) is 76.8 Å². The fourth-order valence-corrected chi connectivity index (χ4v) is 2.68. The molecule has 5 nitrogen and oxygen atoms in total. The van der Waals surface area contributed by atoms with Gasteiger partial charge in [-0.3, -0.25) is 0 Å². The smallest absolute Gasteiger partial charge is 0.382 e. The van der Waals surface area contributed by atoms with E-state index in [1.807, 2.05) is 0 Å². The number of rotatable bonds is 14. The lowest BCUT2D eigenvalue weighted by Gasteiger charge is -2.05. The fraction of sp³-hybridized carbons (Fsp3) is 0.778. The molecule has 0 aliphatic carbocycles. The van der Waals surface area contributed by atoms with Gasteiger partial charge in [0.2, 0.25) is 0 Å². The minimum absolute atomic E-state index is 0.481. The third kappa shape index (κ3) is 9.97. The lowest BCUT2D eigenvalue weighted by atomic mass is 10.1. The average Bonchev–Trinajstić information content (AvgIpc) is 2.55. The van der Waals surface area contributed by atoms with Gasteiger partial charge in [-0.1, -0.05) is 77.6 Å². The van der Waals surface area contributed by atoms with Gasteiger partial charge < -0.3 is 10.5 Å². The maximum absolute atomic E-state index is 11.1. The van der Waals surface area contributed by atoms with Crippen molar-refractivity contribution < 1.29 is 5.21 Å². The third-order valence-electron chi connectivity index (χ3n) is 4.12. The summed E-state index contributed by atoms with van der Waals surface area (Å²) in [6, 6.07) is 1.60. The second-order valence-electron chi connectivity index (χ2n) is 6.26. The van der Waals surface area contributed by atoms with E-state index < -0.39 is 5.69 Å². The number of hydrogen-bond donors (Lipinski definition) is 2. The average molecular weight is 323 g/mol. The molecule has 2 N–H and O–H groups in total. The van der Waals surface area contributed by atoms with Gasteiger partial charge in [0.15, 0.2) is 0 Å². The van der Waals surface area contributed by atoms with Crippen LogP contribution in [0.5, 0.6) is 0 Å². The Morgan fingerprint density at radius 1 is 0.957 bits per heavy atom. The van der Waals surface area contributed by atoms with Crippen LogP contribution in [0.15, 0.2) is 17.1 Å². The molecular formula is C18H33N3O2. The zero-order valence-electron chi connectivity index (χ0n) is 14.6. The first kappa shape index (κ1) is 19.5. The Morgan fingerprint density at radius 2 is 1.48 bits per heavy atom. The van der Waals surface area contributed by atoms with Crippen LogP contribution in [0.4, 0.5) is 5.82 Å². The molecule has 0 atom stereocenters. The van der Waals surface area contributed by atoms with Crippen LogP contribution in [0.2, 0.25) is 0 Å². The van der Waals surface area contributed by atoms with Gasteiger partial charge in [-0.15, -0.1) is 4.73 Å². The highest BCUT2D eigenvalue weighted by Crippen LogP contribution is 2.12. The summed E-state index contributed by atoms with van der Waals surface area (Å²) in [5.41, 5.74) is -0.648. The molecule has 0 unspecified atom stereocenters. The van der Waals surface area contributed by atoms with E-state index in [2.05, 4.69) is 17.2 Å². The van der Waals surface area contributed by atoms with Crippen molar-refractivity contribution in [3.63, 3.8) is 0 Å². The van der Waals surface area contributed by atoms with Gasteiger partial charge in [-0.05, 0) is 6.42 Å². The van der Waals surface area contributed by atoms with Gasteiger partial charge in [-0.2, -0.15) is 4.98 Å². The number of aromatic nitrogens is 2. The van der Waals surface area contributed by atoms with Crippen LogP contribution in [0, 0.1) is 0 Å². The Bertz CT molecular complexity index is 460. The van der Waals surface area contributed by atoms with Crippen LogP contribution in [0.3, 0.4) is 0 Å². The molecule has 1 heterocycles. The maximum Gasteiger partial charge on any atom is 0.382 e. The zero-order chi connectivity index (χ0) is 16.8. The van der Waals surface area contributed by atoms with Crippen molar-refractivity contribution in [1.82, 2.24) is 9.71 Å². The fourth-order valence-electron chi connectivity index (χ4n) is 2.68. The molecular weight excluding hydrogens is 290 g/mol. The molecule has 0 aliphatic rings. The first-order valence-electron chi connectivity index (χ1n) is 9.27. The van der Waals surface area contributed by atoms with Gasteiger partial charge >= 0.3 is 5.69 Å². The number of unbranched alkanes of at least 4 members (excludes halogenated alkanes) is 11. The Morgan fingerprint density at radius 3 is 2.00 bits per heavy atom. The molecule has 0 bridgehead atoms. The highest BCUT2D eigenvalue weighted by Gasteiger charge is 1.98. The molecule has 0 fully saturated rings. The summed E-state index contributed by atoms with van der Waals surface area (Å²) in [7, 11) is 0. The van der Waals surface area contributed by atoms with E-state index in [1.54, 1.807) is 6.07 Å². The van der Waals surface area contributed by atoms with Crippen LogP contribution >= 0.6 is 0 Å².